The lowest BCUT2D eigenvalue weighted by atomic mass is 10.1. The zero-order chi connectivity index (χ0) is 27.0. The van der Waals surface area contributed by atoms with Gasteiger partial charge in [-0.25, -0.2) is 4.79 Å². The molecular formula is C21H30Cl2NO8PS2. The average Bonchev–Trinajstić information content (AvgIpc) is 3.05. The summed E-state index contributed by atoms with van der Waals surface area (Å²) >= 11 is 12.9. The Bertz CT molecular complexity index is 1250. The van der Waals surface area contributed by atoms with Crippen LogP contribution in [0.5, 0.6) is 5.75 Å². The Labute approximate surface area is 219 Å². The zero-order valence-corrected chi connectivity index (χ0v) is 24.3. The standard InChI is InChI=1S/C21H30Cl2NO8PS2/c1-7-21(8-2,33(26,27)28)24(19(25)32-20(4,5)6)35(29,30)18-13(3)15-11-14(31-10-9-22)12-16(23)17(15)34-18/h11-12H,7-10H2,1-6H3,(H2,26,27,28). The monoisotopic (exact) mass is 589 g/mol. The second-order valence-corrected chi connectivity index (χ2v) is 14.5. The van der Waals surface area contributed by atoms with Crippen LogP contribution in [0.2, 0.25) is 5.02 Å². The fraction of sp³-hybridized carbons (Fsp3) is 0.571. The molecule has 1 aromatic carbocycles. The van der Waals surface area contributed by atoms with Gasteiger partial charge in [-0.2, -0.15) is 12.7 Å². The summed E-state index contributed by atoms with van der Waals surface area (Å²) in [6, 6.07) is 3.12. The van der Waals surface area contributed by atoms with Crippen molar-refractivity contribution in [2.45, 2.75) is 69.5 Å². The van der Waals surface area contributed by atoms with Crippen LogP contribution in [0.4, 0.5) is 4.79 Å². The number of fused-ring (bicyclic) bond motifs is 1. The van der Waals surface area contributed by atoms with Crippen molar-refractivity contribution in [3.63, 3.8) is 0 Å². The van der Waals surface area contributed by atoms with Gasteiger partial charge in [-0.15, -0.1) is 22.9 Å². The third kappa shape index (κ3) is 5.92. The lowest BCUT2D eigenvalue weighted by Gasteiger charge is -2.41. The Kier molecular flexibility index (Phi) is 9.25. The van der Waals surface area contributed by atoms with Crippen molar-refractivity contribution >= 4 is 68.3 Å². The smallest absolute Gasteiger partial charge is 0.425 e. The molecule has 2 rings (SSSR count). The van der Waals surface area contributed by atoms with Crippen molar-refractivity contribution in [2.24, 2.45) is 0 Å². The number of aryl methyl sites for hydroxylation is 1. The number of carbonyl (C=O) groups is 1. The third-order valence-corrected chi connectivity index (χ3v) is 11.7. The number of ether oxygens (including phenoxy) is 2. The molecule has 0 fully saturated rings. The number of sulfonamides is 1. The van der Waals surface area contributed by atoms with Crippen molar-refractivity contribution in [2.75, 3.05) is 12.5 Å². The Hall–Kier alpha value is -1.07. The first-order valence-corrected chi connectivity index (χ1v) is 15.5. The molecule has 9 nitrogen and oxygen atoms in total. The first kappa shape index (κ1) is 30.2. The fourth-order valence-corrected chi connectivity index (χ4v) is 9.27. The second kappa shape index (κ2) is 10.7. The van der Waals surface area contributed by atoms with Crippen LogP contribution >= 0.6 is 42.1 Å². The molecule has 0 saturated heterocycles. The highest BCUT2D eigenvalue weighted by molar-refractivity contribution is 7.92. The van der Waals surface area contributed by atoms with Crippen LogP contribution in [-0.4, -0.2) is 52.0 Å². The van der Waals surface area contributed by atoms with Gasteiger partial charge >= 0.3 is 13.7 Å². The molecule has 0 spiro atoms. The van der Waals surface area contributed by atoms with Gasteiger partial charge in [-0.3, -0.25) is 4.57 Å². The number of hydrogen-bond donors (Lipinski definition) is 2. The number of rotatable bonds is 9. The van der Waals surface area contributed by atoms with Gasteiger partial charge in [0, 0.05) is 11.5 Å². The summed E-state index contributed by atoms with van der Waals surface area (Å²) in [5, 5.41) is -1.67. The van der Waals surface area contributed by atoms with Crippen molar-refractivity contribution in [1.82, 2.24) is 4.31 Å². The van der Waals surface area contributed by atoms with Crippen LogP contribution in [0.1, 0.15) is 53.0 Å². The number of nitrogens with zero attached hydrogens (tertiary/aromatic N) is 1. The lowest BCUT2D eigenvalue weighted by molar-refractivity contribution is 0.0269. The largest absolute Gasteiger partial charge is 0.492 e. The average molecular weight is 590 g/mol. The summed E-state index contributed by atoms with van der Waals surface area (Å²) in [5.41, 5.74) is -0.872. The molecule has 0 aliphatic heterocycles. The van der Waals surface area contributed by atoms with E-state index in [-0.39, 0.29) is 44.4 Å². The molecule has 0 aliphatic carbocycles. The van der Waals surface area contributed by atoms with E-state index in [1.807, 2.05) is 0 Å². The van der Waals surface area contributed by atoms with Crippen LogP contribution in [0.3, 0.4) is 0 Å². The molecule has 1 amide bonds. The molecule has 2 aromatic rings. The Morgan fingerprint density at radius 3 is 2.23 bits per heavy atom. The van der Waals surface area contributed by atoms with Crippen LogP contribution in [0, 0.1) is 6.92 Å². The molecule has 0 radical (unpaired) electrons. The predicted octanol–water partition coefficient (Wildman–Crippen LogP) is 6.10. The maximum absolute atomic E-state index is 14.0. The van der Waals surface area contributed by atoms with E-state index in [1.165, 1.54) is 47.6 Å². The maximum Gasteiger partial charge on any atom is 0.425 e. The number of carbonyl (C=O) groups excluding carboxylic acids is 1. The first-order chi connectivity index (χ1) is 16.0. The minimum Gasteiger partial charge on any atom is -0.492 e. The topological polar surface area (TPSA) is 130 Å². The van der Waals surface area contributed by atoms with Crippen molar-refractivity contribution in [3.05, 3.63) is 22.7 Å². The van der Waals surface area contributed by atoms with Gasteiger partial charge in [-0.1, -0.05) is 25.4 Å². The molecule has 0 saturated carbocycles. The molecular weight excluding hydrogens is 560 g/mol. The Morgan fingerprint density at radius 2 is 1.77 bits per heavy atom. The minimum absolute atomic E-state index is 0.210. The normalized spacial score (nSPS) is 13.2. The van der Waals surface area contributed by atoms with E-state index in [1.54, 1.807) is 6.07 Å². The molecule has 0 aliphatic rings. The fourth-order valence-electron chi connectivity index (χ4n) is 3.66. The zero-order valence-electron chi connectivity index (χ0n) is 20.3. The van der Waals surface area contributed by atoms with E-state index in [0.717, 1.165) is 11.3 Å². The van der Waals surface area contributed by atoms with E-state index < -0.39 is 34.6 Å². The number of amides is 1. The summed E-state index contributed by atoms with van der Waals surface area (Å²) in [7, 11) is -10.00. The van der Waals surface area contributed by atoms with Gasteiger partial charge in [0.15, 0.2) is 5.28 Å². The molecule has 14 heteroatoms. The summed E-state index contributed by atoms with van der Waals surface area (Å²) < 4.78 is 52.0. The molecule has 35 heavy (non-hydrogen) atoms. The van der Waals surface area contributed by atoms with E-state index in [0.29, 0.717) is 15.8 Å². The molecule has 0 bridgehead atoms. The van der Waals surface area contributed by atoms with Gasteiger partial charge in [0.25, 0.3) is 10.0 Å². The number of halogens is 2. The van der Waals surface area contributed by atoms with E-state index in [4.69, 9.17) is 32.7 Å². The highest BCUT2D eigenvalue weighted by Crippen LogP contribution is 2.58. The molecule has 1 heterocycles. The van der Waals surface area contributed by atoms with E-state index >= 15 is 0 Å². The molecule has 1 aromatic heterocycles. The van der Waals surface area contributed by atoms with Crippen molar-refractivity contribution in [3.8, 4) is 5.75 Å². The first-order valence-electron chi connectivity index (χ1n) is 10.7. The summed E-state index contributed by atoms with van der Waals surface area (Å²) in [5.74, 6) is 0.616. The minimum atomic E-state index is -5.19. The van der Waals surface area contributed by atoms with Crippen LogP contribution in [0.25, 0.3) is 10.1 Å². The summed E-state index contributed by atoms with van der Waals surface area (Å²) in [6.07, 6.45) is -2.06. The Morgan fingerprint density at radius 1 is 1.20 bits per heavy atom. The van der Waals surface area contributed by atoms with E-state index in [9.17, 15) is 27.6 Å². The van der Waals surface area contributed by atoms with Gasteiger partial charge in [-0.05, 0) is 52.2 Å². The van der Waals surface area contributed by atoms with Gasteiger partial charge in [0.2, 0.25) is 0 Å². The molecule has 0 unspecified atom stereocenters. The lowest BCUT2D eigenvalue weighted by Crippen LogP contribution is -2.55. The van der Waals surface area contributed by atoms with Crippen LogP contribution in [0.15, 0.2) is 16.3 Å². The third-order valence-electron chi connectivity index (χ3n) is 5.35. The van der Waals surface area contributed by atoms with Crippen LogP contribution in [-0.2, 0) is 19.3 Å². The number of thiophene rings is 1. The molecule has 0 atom stereocenters. The van der Waals surface area contributed by atoms with Crippen molar-refractivity contribution < 1.29 is 37.0 Å². The highest BCUT2D eigenvalue weighted by Gasteiger charge is 2.58. The highest BCUT2D eigenvalue weighted by atomic mass is 35.5. The predicted molar refractivity (Wildman–Crippen MR) is 138 cm³/mol. The Balaban J connectivity index is 2.86. The number of alkyl halides is 1. The van der Waals surface area contributed by atoms with Crippen LogP contribution < -0.4 is 4.74 Å². The van der Waals surface area contributed by atoms with E-state index in [2.05, 4.69) is 0 Å². The van der Waals surface area contributed by atoms with Gasteiger partial charge < -0.3 is 19.3 Å². The number of benzene rings is 1. The number of hydrogen-bond acceptors (Lipinski definition) is 7. The SMILES string of the molecule is CCC(CC)(N(C(=O)OC(C)(C)C)S(=O)(=O)c1sc2c(Cl)cc(OCCCl)cc2c1C)P(=O)(O)O. The molecule has 198 valence electrons. The molecule has 2 N–H and O–H groups in total. The van der Waals surface area contributed by atoms with Gasteiger partial charge in [0.1, 0.15) is 22.2 Å². The van der Waals surface area contributed by atoms with Gasteiger partial charge in [0.05, 0.1) is 15.6 Å². The summed E-state index contributed by atoms with van der Waals surface area (Å²) in [6.45, 7) is 9.13. The summed E-state index contributed by atoms with van der Waals surface area (Å²) in [4.78, 5) is 33.8. The maximum atomic E-state index is 14.0. The quantitative estimate of drug-likeness (QED) is 0.265. The second-order valence-electron chi connectivity index (χ2n) is 8.82. The van der Waals surface area contributed by atoms with Crippen molar-refractivity contribution in [1.29, 1.82) is 0 Å².